The lowest BCUT2D eigenvalue weighted by atomic mass is 10.2. The Labute approximate surface area is 116 Å². The fourth-order valence-electron chi connectivity index (χ4n) is 1.23. The smallest absolute Gasteiger partial charge is 0.252 e. The molecule has 8 heteroatoms. The number of nitrogens with zero attached hydrogens (tertiary/aromatic N) is 1. The number of hydrogen-bond donors (Lipinski definition) is 1. The molecule has 1 aromatic heterocycles. The lowest BCUT2D eigenvalue weighted by molar-refractivity contribution is 0.0952. The van der Waals surface area contributed by atoms with E-state index >= 15 is 0 Å². The fourth-order valence-corrected chi connectivity index (χ4v) is 2.45. The molecule has 1 aromatic rings. The molecular weight excluding hydrogens is 288 g/mol. The number of amides is 1. The molecular formula is C11H16N2O4S2. The van der Waals surface area contributed by atoms with Crippen molar-refractivity contribution >= 4 is 33.1 Å². The normalized spacial score (nSPS) is 11.6. The molecule has 1 heterocycles. The second kappa shape index (κ2) is 6.27. The molecule has 0 aliphatic carbocycles. The Hall–Kier alpha value is -1.25. The Morgan fingerprint density at radius 1 is 1.42 bits per heavy atom. The van der Waals surface area contributed by atoms with Gasteiger partial charge in [-0.1, -0.05) is 0 Å². The summed E-state index contributed by atoms with van der Waals surface area (Å²) in [5, 5.41) is 4.21. The summed E-state index contributed by atoms with van der Waals surface area (Å²) in [6, 6.07) is 1.53. The van der Waals surface area contributed by atoms with E-state index in [0.29, 0.717) is 10.4 Å². The monoisotopic (exact) mass is 304 g/mol. The molecule has 0 bridgehead atoms. The van der Waals surface area contributed by atoms with E-state index in [1.165, 1.54) is 31.4 Å². The number of ketones is 1. The number of Topliss-reactive ketones (excluding diaryl/α,β-unsaturated/α-hetero) is 1. The van der Waals surface area contributed by atoms with E-state index in [0.717, 1.165) is 10.6 Å². The first-order valence-corrected chi connectivity index (χ1v) is 8.23. The van der Waals surface area contributed by atoms with Crippen molar-refractivity contribution in [1.82, 2.24) is 9.62 Å². The summed E-state index contributed by atoms with van der Waals surface area (Å²) in [6.45, 7) is 1.86. The van der Waals surface area contributed by atoms with Gasteiger partial charge in [0, 0.05) is 25.5 Å². The summed E-state index contributed by atoms with van der Waals surface area (Å²) in [7, 11) is -1.79. The number of hydrogen-bond acceptors (Lipinski definition) is 5. The van der Waals surface area contributed by atoms with Crippen LogP contribution in [0.2, 0.25) is 0 Å². The second-order valence-corrected chi connectivity index (χ2v) is 7.10. The van der Waals surface area contributed by atoms with Crippen LogP contribution < -0.4 is 5.32 Å². The maximum absolute atomic E-state index is 11.7. The molecule has 1 rings (SSSR count). The highest BCUT2D eigenvalue weighted by Crippen LogP contribution is 2.14. The number of carbonyl (C=O) groups is 2. The number of sulfonamides is 1. The van der Waals surface area contributed by atoms with Crippen molar-refractivity contribution < 1.29 is 18.0 Å². The first kappa shape index (κ1) is 15.8. The summed E-state index contributed by atoms with van der Waals surface area (Å²) < 4.78 is 23.4. The highest BCUT2D eigenvalue weighted by Gasteiger charge is 2.13. The van der Waals surface area contributed by atoms with Gasteiger partial charge in [-0.3, -0.25) is 9.59 Å². The molecule has 0 aromatic carbocycles. The number of rotatable bonds is 6. The Kier molecular flexibility index (Phi) is 5.21. The largest absolute Gasteiger partial charge is 0.351 e. The van der Waals surface area contributed by atoms with Crippen molar-refractivity contribution in [2.45, 2.75) is 6.92 Å². The van der Waals surface area contributed by atoms with Crippen LogP contribution in [0.4, 0.5) is 0 Å². The van der Waals surface area contributed by atoms with Gasteiger partial charge in [-0.2, -0.15) is 0 Å². The molecule has 0 atom stereocenters. The van der Waals surface area contributed by atoms with Gasteiger partial charge in [0.2, 0.25) is 10.0 Å². The number of carbonyl (C=O) groups excluding carboxylic acids is 2. The van der Waals surface area contributed by atoms with Crippen LogP contribution in [0.5, 0.6) is 0 Å². The third kappa shape index (κ3) is 4.73. The number of likely N-dealkylation sites (N-methyl/N-ethyl adjacent to an activating group) is 1. The van der Waals surface area contributed by atoms with Crippen LogP contribution in [0.3, 0.4) is 0 Å². The van der Waals surface area contributed by atoms with Crippen LogP contribution >= 0.6 is 11.3 Å². The lowest BCUT2D eigenvalue weighted by Gasteiger charge is -2.13. The van der Waals surface area contributed by atoms with E-state index in [-0.39, 0.29) is 24.8 Å². The van der Waals surface area contributed by atoms with Crippen LogP contribution in [-0.4, -0.2) is 50.8 Å². The molecule has 0 saturated heterocycles. The van der Waals surface area contributed by atoms with E-state index in [1.807, 2.05) is 0 Å². The van der Waals surface area contributed by atoms with Gasteiger partial charge in [0.15, 0.2) is 5.78 Å². The van der Waals surface area contributed by atoms with Gasteiger partial charge >= 0.3 is 0 Å². The molecule has 1 N–H and O–H groups in total. The van der Waals surface area contributed by atoms with E-state index in [9.17, 15) is 18.0 Å². The Bertz CT molecular complexity index is 577. The number of thiophene rings is 1. The molecule has 0 aliphatic rings. The first-order valence-electron chi connectivity index (χ1n) is 5.51. The molecule has 0 unspecified atom stereocenters. The van der Waals surface area contributed by atoms with Crippen molar-refractivity contribution in [3.05, 3.63) is 21.9 Å². The Morgan fingerprint density at radius 2 is 2.05 bits per heavy atom. The molecule has 0 aliphatic heterocycles. The maximum Gasteiger partial charge on any atom is 0.252 e. The summed E-state index contributed by atoms with van der Waals surface area (Å²) in [4.78, 5) is 23.4. The van der Waals surface area contributed by atoms with E-state index < -0.39 is 10.0 Å². The predicted molar refractivity (Wildman–Crippen MR) is 74.1 cm³/mol. The average Bonchev–Trinajstić information content (AvgIpc) is 2.76. The van der Waals surface area contributed by atoms with Crippen molar-refractivity contribution in [3.63, 3.8) is 0 Å². The zero-order chi connectivity index (χ0) is 14.6. The van der Waals surface area contributed by atoms with Gasteiger partial charge < -0.3 is 5.32 Å². The zero-order valence-electron chi connectivity index (χ0n) is 11.0. The van der Waals surface area contributed by atoms with Crippen LogP contribution in [-0.2, 0) is 10.0 Å². The zero-order valence-corrected chi connectivity index (χ0v) is 12.6. The summed E-state index contributed by atoms with van der Waals surface area (Å²) >= 11 is 1.21. The quantitative estimate of drug-likeness (QED) is 0.779. The van der Waals surface area contributed by atoms with Crippen molar-refractivity contribution in [2.24, 2.45) is 0 Å². The van der Waals surface area contributed by atoms with Crippen LogP contribution in [0.25, 0.3) is 0 Å². The molecule has 106 valence electrons. The van der Waals surface area contributed by atoms with Crippen molar-refractivity contribution in [1.29, 1.82) is 0 Å². The van der Waals surface area contributed by atoms with Gasteiger partial charge in [-0.15, -0.1) is 11.3 Å². The molecule has 0 fully saturated rings. The minimum atomic E-state index is -3.23. The molecule has 1 amide bonds. The van der Waals surface area contributed by atoms with Crippen molar-refractivity contribution in [3.8, 4) is 0 Å². The van der Waals surface area contributed by atoms with Crippen molar-refractivity contribution in [2.75, 3.05) is 26.4 Å². The van der Waals surface area contributed by atoms with E-state index in [1.54, 1.807) is 5.38 Å². The third-order valence-corrected chi connectivity index (χ3v) is 4.83. The minimum Gasteiger partial charge on any atom is -0.351 e. The second-order valence-electron chi connectivity index (χ2n) is 4.10. The predicted octanol–water partition coefficient (Wildman–Crippen LogP) is 0.572. The minimum absolute atomic E-state index is 0.0825. The Morgan fingerprint density at radius 3 is 2.53 bits per heavy atom. The topological polar surface area (TPSA) is 83.6 Å². The average molecular weight is 304 g/mol. The van der Waals surface area contributed by atoms with Crippen LogP contribution in [0.15, 0.2) is 11.4 Å². The number of nitrogens with one attached hydrogen (secondary N) is 1. The highest BCUT2D eigenvalue weighted by molar-refractivity contribution is 7.88. The standard InChI is InChI=1S/C11H16N2O4S2/c1-8(14)10-6-9(7-18-10)11(15)12-4-5-13(2)19(3,16)17/h6-7H,4-5H2,1-3H3,(H,12,15). The molecule has 0 saturated carbocycles. The summed E-state index contributed by atoms with van der Waals surface area (Å²) in [5.74, 6) is -0.397. The van der Waals surface area contributed by atoms with E-state index in [2.05, 4.69) is 5.32 Å². The maximum atomic E-state index is 11.7. The molecule has 0 spiro atoms. The van der Waals surface area contributed by atoms with Crippen LogP contribution in [0, 0.1) is 0 Å². The van der Waals surface area contributed by atoms with Gasteiger partial charge in [0.25, 0.3) is 5.91 Å². The van der Waals surface area contributed by atoms with Gasteiger partial charge in [0.05, 0.1) is 16.7 Å². The SMILES string of the molecule is CC(=O)c1cc(C(=O)NCCN(C)S(C)(=O)=O)cs1. The molecule has 0 radical (unpaired) electrons. The highest BCUT2D eigenvalue weighted by atomic mass is 32.2. The first-order chi connectivity index (χ1) is 8.71. The van der Waals surface area contributed by atoms with Gasteiger partial charge in [-0.05, 0) is 13.0 Å². The third-order valence-electron chi connectivity index (χ3n) is 2.49. The summed E-state index contributed by atoms with van der Waals surface area (Å²) in [5.41, 5.74) is 0.414. The van der Waals surface area contributed by atoms with Crippen LogP contribution in [0.1, 0.15) is 27.0 Å². The van der Waals surface area contributed by atoms with Gasteiger partial charge in [0.1, 0.15) is 0 Å². The Balaban J connectivity index is 2.50. The summed E-state index contributed by atoms with van der Waals surface area (Å²) in [6.07, 6.45) is 1.10. The fraction of sp³-hybridized carbons (Fsp3) is 0.455. The molecule has 6 nitrogen and oxygen atoms in total. The molecule has 19 heavy (non-hydrogen) atoms. The van der Waals surface area contributed by atoms with E-state index in [4.69, 9.17) is 0 Å². The van der Waals surface area contributed by atoms with Gasteiger partial charge in [-0.25, -0.2) is 12.7 Å². The lowest BCUT2D eigenvalue weighted by Crippen LogP contribution is -2.35.